The highest BCUT2D eigenvalue weighted by Gasteiger charge is 2.18. The fourth-order valence-corrected chi connectivity index (χ4v) is 4.12. The summed E-state index contributed by atoms with van der Waals surface area (Å²) in [4.78, 5) is 13.0. The number of fused-ring (bicyclic) bond motifs is 2. The number of aromatic nitrogens is 5. The first-order valence-corrected chi connectivity index (χ1v) is 11.2. The van der Waals surface area contributed by atoms with Crippen LogP contribution in [-0.2, 0) is 13.0 Å². The van der Waals surface area contributed by atoms with Gasteiger partial charge in [-0.15, -0.1) is 10.2 Å². The van der Waals surface area contributed by atoms with Crippen LogP contribution in [0.4, 0.5) is 0 Å². The maximum absolute atomic E-state index is 13.0. The molecule has 0 aliphatic heterocycles. The zero-order valence-electron chi connectivity index (χ0n) is 16.9. The van der Waals surface area contributed by atoms with Crippen molar-refractivity contribution in [3.8, 4) is 0 Å². The van der Waals surface area contributed by atoms with Crippen LogP contribution in [0.3, 0.4) is 0 Å². The minimum atomic E-state index is -0.225. The number of nitrogens with one attached hydrogen (secondary N) is 1. The number of halogens is 2. The third kappa shape index (κ3) is 4.11. The van der Waals surface area contributed by atoms with Crippen molar-refractivity contribution in [2.75, 3.05) is 6.54 Å². The van der Waals surface area contributed by atoms with E-state index in [1.165, 1.54) is 0 Å². The number of hydrogen-bond donors (Lipinski definition) is 1. The van der Waals surface area contributed by atoms with Gasteiger partial charge < -0.3 is 5.32 Å². The average Bonchev–Trinajstić information content (AvgIpc) is 3.37. The summed E-state index contributed by atoms with van der Waals surface area (Å²) in [6.45, 7) is 0.961. The lowest BCUT2D eigenvalue weighted by Crippen LogP contribution is -2.27. The molecule has 1 N–H and O–H groups in total. The Labute approximate surface area is 197 Å². The molecule has 0 saturated heterocycles. The number of carbonyl (C=O) groups excluding carboxylic acids is 1. The molecule has 0 aliphatic carbocycles. The standard InChI is InChI=1S/C23H18BrClN6O/c24-16-6-9-19-18(13-16)22(29-31(19)14-15-4-7-17(25)8-5-15)23(32)26-11-10-21-28-27-20-3-1-2-12-30(20)21/h1-9,12-13H,10-11,14H2,(H,26,32). The van der Waals surface area contributed by atoms with Crippen LogP contribution in [0.1, 0.15) is 21.9 Å². The van der Waals surface area contributed by atoms with E-state index in [2.05, 4.69) is 36.5 Å². The van der Waals surface area contributed by atoms with E-state index < -0.39 is 0 Å². The Kier molecular flexibility index (Phi) is 5.63. The van der Waals surface area contributed by atoms with Crippen molar-refractivity contribution >= 4 is 50.0 Å². The molecule has 0 spiro atoms. The van der Waals surface area contributed by atoms with Gasteiger partial charge in [0.1, 0.15) is 5.82 Å². The molecular formula is C23H18BrClN6O. The molecule has 0 unspecified atom stereocenters. The largest absolute Gasteiger partial charge is 0.350 e. The van der Waals surface area contributed by atoms with Gasteiger partial charge in [-0.3, -0.25) is 13.9 Å². The topological polar surface area (TPSA) is 77.1 Å². The molecular weight excluding hydrogens is 492 g/mol. The second-order valence-electron chi connectivity index (χ2n) is 7.35. The second-order valence-corrected chi connectivity index (χ2v) is 8.70. The lowest BCUT2D eigenvalue weighted by Gasteiger charge is -2.04. The predicted octanol–water partition coefficient (Wildman–Crippen LogP) is 4.52. The molecule has 0 fully saturated rings. The van der Waals surface area contributed by atoms with Crippen molar-refractivity contribution in [2.45, 2.75) is 13.0 Å². The van der Waals surface area contributed by atoms with Gasteiger partial charge in [-0.1, -0.05) is 45.7 Å². The zero-order chi connectivity index (χ0) is 22.1. The van der Waals surface area contributed by atoms with E-state index in [1.807, 2.05) is 75.9 Å². The Balaban J connectivity index is 1.37. The van der Waals surface area contributed by atoms with Gasteiger partial charge in [-0.05, 0) is 48.0 Å². The van der Waals surface area contributed by atoms with E-state index in [0.717, 1.165) is 32.4 Å². The van der Waals surface area contributed by atoms with E-state index in [-0.39, 0.29) is 5.91 Å². The maximum Gasteiger partial charge on any atom is 0.272 e. The van der Waals surface area contributed by atoms with Gasteiger partial charge in [-0.2, -0.15) is 5.10 Å². The highest BCUT2D eigenvalue weighted by Crippen LogP contribution is 2.24. The van der Waals surface area contributed by atoms with Gasteiger partial charge in [0.15, 0.2) is 11.3 Å². The van der Waals surface area contributed by atoms with Crippen molar-refractivity contribution in [1.29, 1.82) is 0 Å². The third-order valence-electron chi connectivity index (χ3n) is 5.19. The van der Waals surface area contributed by atoms with E-state index in [0.29, 0.717) is 30.2 Å². The van der Waals surface area contributed by atoms with Crippen LogP contribution in [0.5, 0.6) is 0 Å². The summed E-state index contributed by atoms with van der Waals surface area (Å²) in [6.07, 6.45) is 2.47. The first-order chi connectivity index (χ1) is 15.6. The average molecular weight is 510 g/mol. The molecule has 0 saturated carbocycles. The summed E-state index contributed by atoms with van der Waals surface area (Å²) in [5, 5.41) is 17.4. The third-order valence-corrected chi connectivity index (χ3v) is 5.94. The van der Waals surface area contributed by atoms with Crippen LogP contribution < -0.4 is 5.32 Å². The monoisotopic (exact) mass is 508 g/mol. The van der Waals surface area contributed by atoms with Crippen molar-refractivity contribution < 1.29 is 4.79 Å². The first-order valence-electron chi connectivity index (χ1n) is 10.1. The van der Waals surface area contributed by atoms with Crippen LogP contribution in [0.15, 0.2) is 71.3 Å². The number of hydrogen-bond acceptors (Lipinski definition) is 4. The molecule has 32 heavy (non-hydrogen) atoms. The quantitative estimate of drug-likeness (QED) is 0.365. The Hall–Kier alpha value is -3.23. The van der Waals surface area contributed by atoms with Gasteiger partial charge in [0.05, 0.1) is 12.1 Å². The second kappa shape index (κ2) is 8.72. The predicted molar refractivity (Wildman–Crippen MR) is 127 cm³/mol. The van der Waals surface area contributed by atoms with Gasteiger partial charge in [0.25, 0.3) is 5.91 Å². The molecule has 3 heterocycles. The number of pyridine rings is 1. The summed E-state index contributed by atoms with van der Waals surface area (Å²) in [5.41, 5.74) is 3.11. The lowest BCUT2D eigenvalue weighted by atomic mass is 10.2. The zero-order valence-corrected chi connectivity index (χ0v) is 19.2. The van der Waals surface area contributed by atoms with E-state index in [9.17, 15) is 4.79 Å². The van der Waals surface area contributed by atoms with E-state index >= 15 is 0 Å². The fraction of sp³-hybridized carbons (Fsp3) is 0.130. The van der Waals surface area contributed by atoms with E-state index in [4.69, 9.17) is 11.6 Å². The summed E-state index contributed by atoms with van der Waals surface area (Å²) in [5.74, 6) is 0.568. The molecule has 7 nitrogen and oxygen atoms in total. The van der Waals surface area contributed by atoms with Gasteiger partial charge in [0.2, 0.25) is 0 Å². The lowest BCUT2D eigenvalue weighted by molar-refractivity contribution is 0.0949. The fourth-order valence-electron chi connectivity index (χ4n) is 3.64. The minimum absolute atomic E-state index is 0.225. The highest BCUT2D eigenvalue weighted by molar-refractivity contribution is 9.10. The summed E-state index contributed by atoms with van der Waals surface area (Å²) < 4.78 is 4.64. The van der Waals surface area contributed by atoms with E-state index in [1.54, 1.807) is 0 Å². The highest BCUT2D eigenvalue weighted by atomic mass is 79.9. The van der Waals surface area contributed by atoms with Gasteiger partial charge in [-0.25, -0.2) is 0 Å². The van der Waals surface area contributed by atoms with Crippen LogP contribution in [0.2, 0.25) is 5.02 Å². The molecule has 160 valence electrons. The molecule has 5 aromatic rings. The van der Waals surface area contributed by atoms with Crippen molar-refractivity contribution in [3.63, 3.8) is 0 Å². The Morgan fingerprint density at radius 1 is 1.06 bits per heavy atom. The van der Waals surface area contributed by atoms with Crippen LogP contribution in [-0.4, -0.2) is 36.8 Å². The minimum Gasteiger partial charge on any atom is -0.350 e. The normalized spacial score (nSPS) is 11.3. The van der Waals surface area contributed by atoms with Crippen LogP contribution in [0, 0.1) is 0 Å². The summed E-state index contributed by atoms with van der Waals surface area (Å²) in [6, 6.07) is 19.2. The number of amides is 1. The molecule has 0 atom stereocenters. The van der Waals surface area contributed by atoms with Gasteiger partial charge >= 0.3 is 0 Å². The Bertz CT molecular complexity index is 1430. The molecule has 3 aromatic heterocycles. The van der Waals surface area contributed by atoms with Crippen LogP contribution in [0.25, 0.3) is 16.6 Å². The maximum atomic E-state index is 13.0. The van der Waals surface area contributed by atoms with Crippen molar-refractivity contribution in [3.05, 3.63) is 93.4 Å². The SMILES string of the molecule is O=C(NCCc1nnc2ccccn12)c1nn(Cc2ccc(Cl)cc2)c2ccc(Br)cc12. The smallest absolute Gasteiger partial charge is 0.272 e. The first kappa shape index (κ1) is 20.7. The molecule has 1 amide bonds. The molecule has 0 aliphatic rings. The summed E-state index contributed by atoms with van der Waals surface area (Å²) in [7, 11) is 0. The molecule has 0 bridgehead atoms. The van der Waals surface area contributed by atoms with Crippen molar-refractivity contribution in [1.82, 2.24) is 29.7 Å². The number of nitrogens with zero attached hydrogens (tertiary/aromatic N) is 5. The van der Waals surface area contributed by atoms with Crippen LogP contribution >= 0.6 is 27.5 Å². The number of rotatable bonds is 6. The molecule has 0 radical (unpaired) electrons. The number of carbonyl (C=O) groups is 1. The Morgan fingerprint density at radius 3 is 2.75 bits per heavy atom. The van der Waals surface area contributed by atoms with Crippen molar-refractivity contribution in [2.24, 2.45) is 0 Å². The Morgan fingerprint density at radius 2 is 1.91 bits per heavy atom. The summed E-state index contributed by atoms with van der Waals surface area (Å²) >= 11 is 9.50. The molecule has 2 aromatic carbocycles. The molecule has 9 heteroatoms. The molecule has 5 rings (SSSR count). The van der Waals surface area contributed by atoms with Gasteiger partial charge in [0, 0.05) is 34.0 Å². The number of benzene rings is 2.